The van der Waals surface area contributed by atoms with Gasteiger partial charge in [-0.05, 0) is 44.2 Å². The number of aliphatic hydroxyl groups excluding tert-OH is 1. The molecule has 0 fully saturated rings. The van der Waals surface area contributed by atoms with Crippen molar-refractivity contribution in [1.82, 2.24) is 4.57 Å². The van der Waals surface area contributed by atoms with Crippen molar-refractivity contribution in [2.45, 2.75) is 13.8 Å². The predicted octanol–water partition coefficient (Wildman–Crippen LogP) is 3.01. The molecule has 0 saturated carbocycles. The highest BCUT2D eigenvalue weighted by atomic mass is 32.2. The average Bonchev–Trinajstić information content (AvgIpc) is 2.82. The summed E-state index contributed by atoms with van der Waals surface area (Å²) in [6.45, 7) is 4.05. The third-order valence-corrected chi connectivity index (χ3v) is 4.47. The molecule has 4 nitrogen and oxygen atoms in total. The second-order valence-electron chi connectivity index (χ2n) is 5.02. The van der Waals surface area contributed by atoms with Crippen molar-refractivity contribution < 1.29 is 14.6 Å². The minimum atomic E-state index is 0.100. The molecule has 0 amide bonds. The molecule has 1 aromatic heterocycles. The van der Waals surface area contributed by atoms with Crippen LogP contribution in [0.25, 0.3) is 5.69 Å². The van der Waals surface area contributed by atoms with E-state index >= 15 is 0 Å². The summed E-state index contributed by atoms with van der Waals surface area (Å²) >= 11 is 1.46. The van der Waals surface area contributed by atoms with Crippen molar-refractivity contribution in [3.8, 4) is 11.4 Å². The van der Waals surface area contributed by atoms with Crippen LogP contribution in [-0.2, 0) is 0 Å². The number of methoxy groups -OCH3 is 1. The molecule has 5 heteroatoms. The highest BCUT2D eigenvalue weighted by Crippen LogP contribution is 2.23. The highest BCUT2D eigenvalue weighted by molar-refractivity contribution is 8.00. The third-order valence-electron chi connectivity index (χ3n) is 3.53. The lowest BCUT2D eigenvalue weighted by Gasteiger charge is -2.10. The van der Waals surface area contributed by atoms with Crippen molar-refractivity contribution in [2.75, 3.05) is 25.2 Å². The normalized spacial score (nSPS) is 10.7. The first-order valence-corrected chi connectivity index (χ1v) is 8.29. The smallest absolute Gasteiger partial charge is 0.174 e. The zero-order valence-corrected chi connectivity index (χ0v) is 13.9. The lowest BCUT2D eigenvalue weighted by Crippen LogP contribution is -2.06. The Kier molecular flexibility index (Phi) is 5.69. The molecule has 0 saturated heterocycles. The molecule has 0 radical (unpaired) electrons. The number of thioether (sulfide) groups is 1. The van der Waals surface area contributed by atoms with E-state index in [0.717, 1.165) is 28.4 Å². The molecule has 0 atom stereocenters. The van der Waals surface area contributed by atoms with Crippen molar-refractivity contribution in [3.63, 3.8) is 0 Å². The standard InChI is InChI=1S/C17H21NO3S/c1-12-10-16(17(20)11-22-9-8-19)13(2)18(12)14-4-6-15(21-3)7-5-14/h4-7,10,19H,8-9,11H2,1-3H3. The van der Waals surface area contributed by atoms with Gasteiger partial charge in [-0.15, -0.1) is 0 Å². The SMILES string of the molecule is COc1ccc(-n2c(C)cc(C(=O)CSCCO)c2C)cc1. The van der Waals surface area contributed by atoms with E-state index in [1.165, 1.54) is 11.8 Å². The Balaban J connectivity index is 2.28. The van der Waals surface area contributed by atoms with Gasteiger partial charge in [-0.1, -0.05) is 0 Å². The third kappa shape index (κ3) is 3.54. The number of nitrogens with zero attached hydrogens (tertiary/aromatic N) is 1. The van der Waals surface area contributed by atoms with E-state index in [0.29, 0.717) is 11.5 Å². The van der Waals surface area contributed by atoms with Crippen molar-refractivity contribution in [1.29, 1.82) is 0 Å². The first-order chi connectivity index (χ1) is 10.6. The summed E-state index contributed by atoms with van der Waals surface area (Å²) in [6, 6.07) is 9.71. The Bertz CT molecular complexity index is 647. The van der Waals surface area contributed by atoms with E-state index in [9.17, 15) is 4.79 Å². The van der Waals surface area contributed by atoms with Gasteiger partial charge in [-0.25, -0.2) is 0 Å². The molecule has 0 bridgehead atoms. The molecule has 0 aliphatic carbocycles. The van der Waals surface area contributed by atoms with Gasteiger partial charge in [-0.3, -0.25) is 4.79 Å². The van der Waals surface area contributed by atoms with Crippen LogP contribution in [0, 0.1) is 13.8 Å². The molecule has 22 heavy (non-hydrogen) atoms. The minimum Gasteiger partial charge on any atom is -0.497 e. The maximum atomic E-state index is 12.3. The van der Waals surface area contributed by atoms with Crippen LogP contribution in [0.2, 0.25) is 0 Å². The van der Waals surface area contributed by atoms with Crippen molar-refractivity contribution in [2.24, 2.45) is 0 Å². The molecule has 118 valence electrons. The number of aromatic nitrogens is 1. The zero-order valence-electron chi connectivity index (χ0n) is 13.1. The van der Waals surface area contributed by atoms with E-state index in [1.54, 1.807) is 7.11 Å². The molecule has 1 heterocycles. The number of ketones is 1. The van der Waals surface area contributed by atoms with Crippen LogP contribution in [0.5, 0.6) is 5.75 Å². The predicted molar refractivity (Wildman–Crippen MR) is 90.5 cm³/mol. The summed E-state index contributed by atoms with van der Waals surface area (Å²) in [5.74, 6) is 1.89. The number of carbonyl (C=O) groups excluding carboxylic acids is 1. The molecular weight excluding hydrogens is 298 g/mol. The molecule has 2 rings (SSSR count). The van der Waals surface area contributed by atoms with Gasteiger partial charge in [0.15, 0.2) is 5.78 Å². The van der Waals surface area contributed by atoms with Crippen LogP contribution in [0.15, 0.2) is 30.3 Å². The van der Waals surface area contributed by atoms with E-state index < -0.39 is 0 Å². The monoisotopic (exact) mass is 319 g/mol. The molecule has 2 aromatic rings. The van der Waals surface area contributed by atoms with Crippen molar-refractivity contribution >= 4 is 17.5 Å². The van der Waals surface area contributed by atoms with Crippen LogP contribution >= 0.6 is 11.8 Å². The van der Waals surface area contributed by atoms with Crippen LogP contribution in [-0.4, -0.2) is 40.7 Å². The van der Waals surface area contributed by atoms with Crippen LogP contribution < -0.4 is 4.74 Å². The first-order valence-electron chi connectivity index (χ1n) is 7.13. The lowest BCUT2D eigenvalue weighted by atomic mass is 10.2. The Hall–Kier alpha value is -1.72. The number of carbonyl (C=O) groups is 1. The zero-order chi connectivity index (χ0) is 16.1. The van der Waals surface area contributed by atoms with Gasteiger partial charge >= 0.3 is 0 Å². The molecule has 0 aliphatic rings. The second-order valence-corrected chi connectivity index (χ2v) is 6.12. The van der Waals surface area contributed by atoms with Crippen molar-refractivity contribution in [3.05, 3.63) is 47.3 Å². The fourth-order valence-corrected chi connectivity index (χ4v) is 3.10. The molecule has 0 spiro atoms. The van der Waals surface area contributed by atoms with Gasteiger partial charge in [0.05, 0.1) is 19.5 Å². The van der Waals surface area contributed by atoms with Gasteiger partial charge in [0.25, 0.3) is 0 Å². The molecular formula is C17H21NO3S. The van der Waals surface area contributed by atoms with E-state index in [1.807, 2.05) is 44.2 Å². The number of hydrogen-bond donors (Lipinski definition) is 1. The summed E-state index contributed by atoms with van der Waals surface area (Å²) in [4.78, 5) is 12.3. The Morgan fingerprint density at radius 1 is 1.27 bits per heavy atom. The molecule has 0 unspecified atom stereocenters. The minimum absolute atomic E-state index is 0.100. The topological polar surface area (TPSA) is 51.5 Å². The van der Waals surface area contributed by atoms with Gasteiger partial charge in [0, 0.05) is 28.4 Å². The number of ether oxygens (including phenoxy) is 1. The second kappa shape index (κ2) is 7.51. The van der Waals surface area contributed by atoms with E-state index in [-0.39, 0.29) is 12.4 Å². The average molecular weight is 319 g/mol. The molecule has 1 aromatic carbocycles. The summed E-state index contributed by atoms with van der Waals surface area (Å²) in [6.07, 6.45) is 0. The summed E-state index contributed by atoms with van der Waals surface area (Å²) in [7, 11) is 1.64. The number of hydrogen-bond acceptors (Lipinski definition) is 4. The van der Waals surface area contributed by atoms with E-state index in [2.05, 4.69) is 4.57 Å². The van der Waals surface area contributed by atoms with Gasteiger partial charge in [0.2, 0.25) is 0 Å². The largest absolute Gasteiger partial charge is 0.497 e. The number of Topliss-reactive ketones (excluding diaryl/α,β-unsaturated/α-hetero) is 1. The maximum absolute atomic E-state index is 12.3. The molecule has 0 aliphatic heterocycles. The number of benzene rings is 1. The van der Waals surface area contributed by atoms with Crippen LogP contribution in [0.3, 0.4) is 0 Å². The highest BCUT2D eigenvalue weighted by Gasteiger charge is 2.16. The summed E-state index contributed by atoms with van der Waals surface area (Å²) in [5.41, 5.74) is 3.73. The summed E-state index contributed by atoms with van der Waals surface area (Å²) < 4.78 is 7.25. The fraction of sp³-hybridized carbons (Fsp3) is 0.353. The number of aryl methyl sites for hydroxylation is 1. The number of aliphatic hydroxyl groups is 1. The van der Waals surface area contributed by atoms with Gasteiger partial charge in [-0.2, -0.15) is 11.8 Å². The summed E-state index contributed by atoms with van der Waals surface area (Å²) in [5, 5.41) is 8.80. The van der Waals surface area contributed by atoms with Crippen LogP contribution in [0.1, 0.15) is 21.7 Å². The van der Waals surface area contributed by atoms with Crippen LogP contribution in [0.4, 0.5) is 0 Å². The Labute approximate surface area is 135 Å². The lowest BCUT2D eigenvalue weighted by molar-refractivity contribution is 0.102. The van der Waals surface area contributed by atoms with Gasteiger partial charge in [0.1, 0.15) is 5.75 Å². The Morgan fingerprint density at radius 3 is 2.55 bits per heavy atom. The quantitative estimate of drug-likeness (QED) is 0.629. The number of rotatable bonds is 7. The maximum Gasteiger partial charge on any atom is 0.174 e. The van der Waals surface area contributed by atoms with Gasteiger partial charge < -0.3 is 14.4 Å². The Morgan fingerprint density at radius 2 is 1.95 bits per heavy atom. The first kappa shape index (κ1) is 16.6. The fourth-order valence-electron chi connectivity index (χ4n) is 2.48. The molecule has 1 N–H and O–H groups in total. The van der Waals surface area contributed by atoms with E-state index in [4.69, 9.17) is 9.84 Å².